The fourth-order valence-corrected chi connectivity index (χ4v) is 1.47. The Morgan fingerprint density at radius 2 is 2.26 bits per heavy atom. The van der Waals surface area contributed by atoms with Crippen molar-refractivity contribution in [2.75, 3.05) is 13.2 Å². The third-order valence-electron chi connectivity index (χ3n) is 2.31. The number of esters is 1. The maximum atomic E-state index is 11.2. The Kier molecular flexibility index (Phi) is 6.39. The maximum Gasteiger partial charge on any atom is 0.330 e. The molecule has 0 aliphatic rings. The molecule has 1 rings (SSSR count). The molecule has 1 aromatic rings. The molecule has 0 aliphatic heterocycles. The number of carbonyl (C=O) groups is 1. The molecule has 4 nitrogen and oxygen atoms in total. The molecule has 0 radical (unpaired) electrons. The van der Waals surface area contributed by atoms with Gasteiger partial charge in [-0.15, -0.1) is 0 Å². The number of aliphatic hydroxyl groups is 1. The zero-order valence-corrected chi connectivity index (χ0v) is 11.0. The number of hydrogen-bond acceptors (Lipinski definition) is 4. The van der Waals surface area contributed by atoms with Crippen molar-refractivity contribution in [3.05, 3.63) is 48.1 Å². The second kappa shape index (κ2) is 8.11. The number of rotatable bonds is 7. The summed E-state index contributed by atoms with van der Waals surface area (Å²) in [5, 5.41) is 9.28. The van der Waals surface area contributed by atoms with E-state index in [0.29, 0.717) is 24.5 Å². The van der Waals surface area contributed by atoms with Crippen LogP contribution in [0, 0.1) is 0 Å². The molecule has 102 valence electrons. The van der Waals surface area contributed by atoms with Crippen LogP contribution < -0.4 is 4.74 Å². The lowest BCUT2D eigenvalue weighted by molar-refractivity contribution is -0.137. The van der Waals surface area contributed by atoms with E-state index in [1.54, 1.807) is 37.3 Å². The van der Waals surface area contributed by atoms with Crippen molar-refractivity contribution in [1.29, 1.82) is 0 Å². The number of hydrogen-bond donors (Lipinski definition) is 1. The van der Waals surface area contributed by atoms with Crippen molar-refractivity contribution in [3.63, 3.8) is 0 Å². The van der Waals surface area contributed by atoms with Gasteiger partial charge >= 0.3 is 5.97 Å². The Balaban J connectivity index is 2.81. The monoisotopic (exact) mass is 262 g/mol. The van der Waals surface area contributed by atoms with Crippen LogP contribution in [0.25, 0.3) is 6.08 Å². The van der Waals surface area contributed by atoms with E-state index in [9.17, 15) is 9.90 Å². The highest BCUT2D eigenvalue weighted by Crippen LogP contribution is 2.21. The standard InChI is InChI=1S/C15H18O4/c1-3-9-19-14-7-5-12(10-13(14)11-16)6-8-15(17)18-4-2/h3,5-8,10,16H,1,4,9,11H2,2H3/b8-6+. The van der Waals surface area contributed by atoms with E-state index in [-0.39, 0.29) is 12.6 Å². The molecule has 4 heteroatoms. The molecule has 0 unspecified atom stereocenters. The van der Waals surface area contributed by atoms with E-state index < -0.39 is 0 Å². The molecule has 0 atom stereocenters. The molecule has 0 bridgehead atoms. The van der Waals surface area contributed by atoms with Gasteiger partial charge in [0.05, 0.1) is 13.2 Å². The fraction of sp³-hybridized carbons (Fsp3) is 0.267. The first kappa shape index (κ1) is 15.0. The second-order valence-electron chi connectivity index (χ2n) is 3.71. The normalized spacial score (nSPS) is 10.4. The highest BCUT2D eigenvalue weighted by atomic mass is 16.5. The molecule has 1 aromatic carbocycles. The Morgan fingerprint density at radius 1 is 1.47 bits per heavy atom. The van der Waals surface area contributed by atoms with Gasteiger partial charge < -0.3 is 14.6 Å². The van der Waals surface area contributed by atoms with Crippen LogP contribution in [-0.4, -0.2) is 24.3 Å². The Bertz CT molecular complexity index is 463. The summed E-state index contributed by atoms with van der Waals surface area (Å²) in [7, 11) is 0. The van der Waals surface area contributed by atoms with Gasteiger partial charge in [-0.25, -0.2) is 4.79 Å². The third-order valence-corrected chi connectivity index (χ3v) is 2.31. The lowest BCUT2D eigenvalue weighted by Gasteiger charge is -2.09. The molecule has 0 heterocycles. The summed E-state index contributed by atoms with van der Waals surface area (Å²) in [4.78, 5) is 11.2. The minimum atomic E-state index is -0.389. The van der Waals surface area contributed by atoms with Crippen LogP contribution in [0.15, 0.2) is 36.9 Å². The van der Waals surface area contributed by atoms with E-state index >= 15 is 0 Å². The topological polar surface area (TPSA) is 55.8 Å². The van der Waals surface area contributed by atoms with E-state index in [4.69, 9.17) is 9.47 Å². The summed E-state index contributed by atoms with van der Waals surface area (Å²) in [5.74, 6) is 0.218. The summed E-state index contributed by atoms with van der Waals surface area (Å²) in [6.45, 7) is 5.91. The summed E-state index contributed by atoms with van der Waals surface area (Å²) < 4.78 is 10.2. The van der Waals surface area contributed by atoms with Gasteiger partial charge in [-0.1, -0.05) is 18.7 Å². The highest BCUT2D eigenvalue weighted by molar-refractivity contribution is 5.87. The minimum Gasteiger partial charge on any atom is -0.489 e. The molecule has 0 aliphatic carbocycles. The molecule has 0 amide bonds. The van der Waals surface area contributed by atoms with Gasteiger partial charge in [-0.2, -0.15) is 0 Å². The van der Waals surface area contributed by atoms with Crippen molar-refractivity contribution in [1.82, 2.24) is 0 Å². The van der Waals surface area contributed by atoms with E-state index in [2.05, 4.69) is 6.58 Å². The molecule has 1 N–H and O–H groups in total. The lowest BCUT2D eigenvalue weighted by Crippen LogP contribution is -1.99. The first-order valence-corrected chi connectivity index (χ1v) is 6.03. The second-order valence-corrected chi connectivity index (χ2v) is 3.71. The van der Waals surface area contributed by atoms with E-state index in [0.717, 1.165) is 5.56 Å². The smallest absolute Gasteiger partial charge is 0.330 e. The third kappa shape index (κ3) is 4.97. The Morgan fingerprint density at radius 3 is 2.89 bits per heavy atom. The first-order valence-electron chi connectivity index (χ1n) is 6.03. The first-order chi connectivity index (χ1) is 9.21. The van der Waals surface area contributed by atoms with Crippen LogP contribution in [-0.2, 0) is 16.1 Å². The number of aliphatic hydroxyl groups excluding tert-OH is 1. The predicted octanol–water partition coefficient (Wildman–Crippen LogP) is 2.32. The van der Waals surface area contributed by atoms with Gasteiger partial charge in [0.1, 0.15) is 12.4 Å². The van der Waals surface area contributed by atoms with Crippen molar-refractivity contribution in [3.8, 4) is 5.75 Å². The fourth-order valence-electron chi connectivity index (χ4n) is 1.47. The number of carbonyl (C=O) groups excluding carboxylic acids is 1. The van der Waals surface area contributed by atoms with Gasteiger partial charge in [0.15, 0.2) is 0 Å². The number of ether oxygens (including phenoxy) is 2. The van der Waals surface area contributed by atoms with Gasteiger partial charge in [0.2, 0.25) is 0 Å². The Labute approximate surface area is 113 Å². The molecule has 0 spiro atoms. The van der Waals surface area contributed by atoms with Gasteiger partial charge in [0, 0.05) is 11.6 Å². The SMILES string of the molecule is C=CCOc1ccc(/C=C/C(=O)OCC)cc1CO. The van der Waals surface area contributed by atoms with Crippen molar-refractivity contribution >= 4 is 12.0 Å². The summed E-state index contributed by atoms with van der Waals surface area (Å²) in [6.07, 6.45) is 4.62. The zero-order valence-electron chi connectivity index (χ0n) is 11.0. The van der Waals surface area contributed by atoms with Crippen molar-refractivity contribution in [2.24, 2.45) is 0 Å². The van der Waals surface area contributed by atoms with Crippen LogP contribution in [0.5, 0.6) is 5.75 Å². The molecule has 0 saturated carbocycles. The average molecular weight is 262 g/mol. The minimum absolute atomic E-state index is 0.131. The highest BCUT2D eigenvalue weighted by Gasteiger charge is 2.03. The maximum absolute atomic E-state index is 11.2. The summed E-state index contributed by atoms with van der Waals surface area (Å²) in [6, 6.07) is 5.31. The quantitative estimate of drug-likeness (QED) is 0.465. The van der Waals surface area contributed by atoms with Crippen molar-refractivity contribution < 1.29 is 19.4 Å². The van der Waals surface area contributed by atoms with Gasteiger partial charge in [-0.3, -0.25) is 0 Å². The Hall–Kier alpha value is -2.07. The molecule has 0 fully saturated rings. The van der Waals surface area contributed by atoms with Gasteiger partial charge in [-0.05, 0) is 30.7 Å². The predicted molar refractivity (Wildman–Crippen MR) is 73.7 cm³/mol. The van der Waals surface area contributed by atoms with Crippen LogP contribution in [0.1, 0.15) is 18.1 Å². The van der Waals surface area contributed by atoms with Crippen LogP contribution >= 0.6 is 0 Å². The molecule has 0 saturated heterocycles. The van der Waals surface area contributed by atoms with Crippen LogP contribution in [0.4, 0.5) is 0 Å². The molecule has 0 aromatic heterocycles. The summed E-state index contributed by atoms with van der Waals surface area (Å²) in [5.41, 5.74) is 1.45. The zero-order chi connectivity index (χ0) is 14.1. The molecular weight excluding hydrogens is 244 g/mol. The summed E-state index contributed by atoms with van der Waals surface area (Å²) >= 11 is 0. The largest absolute Gasteiger partial charge is 0.489 e. The van der Waals surface area contributed by atoms with Crippen LogP contribution in [0.3, 0.4) is 0 Å². The van der Waals surface area contributed by atoms with Crippen molar-refractivity contribution in [2.45, 2.75) is 13.5 Å². The lowest BCUT2D eigenvalue weighted by atomic mass is 10.1. The number of benzene rings is 1. The van der Waals surface area contributed by atoms with E-state index in [1.165, 1.54) is 6.08 Å². The molecular formula is C15H18O4. The van der Waals surface area contributed by atoms with E-state index in [1.807, 2.05) is 0 Å². The average Bonchev–Trinajstić information content (AvgIpc) is 2.43. The molecule has 19 heavy (non-hydrogen) atoms. The van der Waals surface area contributed by atoms with Crippen LogP contribution in [0.2, 0.25) is 0 Å². The van der Waals surface area contributed by atoms with Gasteiger partial charge in [0.25, 0.3) is 0 Å².